The Hall–Kier alpha value is -2.48. The summed E-state index contributed by atoms with van der Waals surface area (Å²) in [4.78, 5) is 21.3. The highest BCUT2D eigenvalue weighted by Crippen LogP contribution is 2.25. The van der Waals surface area contributed by atoms with Crippen LogP contribution in [0.2, 0.25) is 0 Å². The smallest absolute Gasteiger partial charge is 0.244 e. The third kappa shape index (κ3) is 3.65. The SMILES string of the molecule is CC(C)(C)c1cn2nc(NCC(=O)Nc3ccccn3)sc2n1. The summed E-state index contributed by atoms with van der Waals surface area (Å²) in [5, 5.41) is 10.8. The van der Waals surface area contributed by atoms with Gasteiger partial charge in [-0.3, -0.25) is 4.79 Å². The zero-order valence-electron chi connectivity index (χ0n) is 13.2. The standard InChI is InChI=1S/C15H18N6OS/c1-15(2,3)10-9-21-14(18-10)23-13(20-21)17-8-12(22)19-11-6-4-5-7-16-11/h4-7,9H,8H2,1-3H3,(H,17,20)(H,16,19,22). The van der Waals surface area contributed by atoms with Crippen molar-refractivity contribution in [1.29, 1.82) is 0 Å². The number of hydrogen-bond acceptors (Lipinski definition) is 6. The second kappa shape index (κ2) is 5.96. The molecule has 23 heavy (non-hydrogen) atoms. The number of nitrogens with one attached hydrogen (secondary N) is 2. The summed E-state index contributed by atoms with van der Waals surface area (Å²) in [6.45, 7) is 6.46. The van der Waals surface area contributed by atoms with Gasteiger partial charge >= 0.3 is 0 Å². The predicted octanol–water partition coefficient (Wildman–Crippen LogP) is 2.53. The topological polar surface area (TPSA) is 84.2 Å². The summed E-state index contributed by atoms with van der Waals surface area (Å²) in [6.07, 6.45) is 3.55. The van der Waals surface area contributed by atoms with Gasteiger partial charge in [0, 0.05) is 11.6 Å². The maximum atomic E-state index is 11.9. The van der Waals surface area contributed by atoms with Crippen LogP contribution in [0.15, 0.2) is 30.6 Å². The fraction of sp³-hybridized carbons (Fsp3) is 0.333. The van der Waals surface area contributed by atoms with Crippen LogP contribution in [-0.2, 0) is 10.2 Å². The number of aromatic nitrogens is 4. The average molecular weight is 330 g/mol. The van der Waals surface area contributed by atoms with E-state index in [4.69, 9.17) is 0 Å². The maximum Gasteiger partial charge on any atom is 0.244 e. The van der Waals surface area contributed by atoms with Crippen molar-refractivity contribution in [3.63, 3.8) is 0 Å². The molecule has 0 spiro atoms. The molecule has 120 valence electrons. The molecule has 8 heteroatoms. The summed E-state index contributed by atoms with van der Waals surface area (Å²) < 4.78 is 1.74. The lowest BCUT2D eigenvalue weighted by molar-refractivity contribution is -0.114. The molecule has 7 nitrogen and oxygen atoms in total. The Bertz CT molecular complexity index is 786. The summed E-state index contributed by atoms with van der Waals surface area (Å²) in [6, 6.07) is 5.35. The van der Waals surface area contributed by atoms with Crippen LogP contribution in [0.5, 0.6) is 0 Å². The third-order valence-corrected chi connectivity index (χ3v) is 4.02. The molecule has 3 aromatic rings. The fourth-order valence-electron chi connectivity index (χ4n) is 1.91. The molecule has 0 saturated carbocycles. The van der Waals surface area contributed by atoms with E-state index < -0.39 is 0 Å². The molecule has 3 heterocycles. The summed E-state index contributed by atoms with van der Waals surface area (Å²) >= 11 is 1.42. The Morgan fingerprint density at radius 3 is 2.83 bits per heavy atom. The van der Waals surface area contributed by atoms with Crippen LogP contribution >= 0.6 is 11.3 Å². The Labute approximate surface area is 137 Å². The molecule has 0 unspecified atom stereocenters. The van der Waals surface area contributed by atoms with E-state index in [1.54, 1.807) is 22.8 Å². The van der Waals surface area contributed by atoms with Gasteiger partial charge in [0.15, 0.2) is 0 Å². The quantitative estimate of drug-likeness (QED) is 0.768. The molecule has 0 radical (unpaired) electrons. The zero-order valence-corrected chi connectivity index (χ0v) is 14.0. The van der Waals surface area contributed by atoms with Crippen LogP contribution in [-0.4, -0.2) is 32.0 Å². The van der Waals surface area contributed by atoms with Gasteiger partial charge in [0.05, 0.1) is 18.4 Å². The van der Waals surface area contributed by atoms with E-state index in [0.717, 1.165) is 10.7 Å². The molecular formula is C15H18N6OS. The zero-order chi connectivity index (χ0) is 16.4. The Kier molecular flexibility index (Phi) is 3.99. The number of anilines is 2. The molecule has 2 N–H and O–H groups in total. The summed E-state index contributed by atoms with van der Waals surface area (Å²) in [5.74, 6) is 0.356. The first kappa shape index (κ1) is 15.4. The predicted molar refractivity (Wildman–Crippen MR) is 90.9 cm³/mol. The van der Waals surface area contributed by atoms with Crippen LogP contribution in [0.1, 0.15) is 26.5 Å². The highest BCUT2D eigenvalue weighted by molar-refractivity contribution is 7.20. The van der Waals surface area contributed by atoms with E-state index in [9.17, 15) is 4.79 Å². The van der Waals surface area contributed by atoms with Gasteiger partial charge in [-0.1, -0.05) is 38.2 Å². The van der Waals surface area contributed by atoms with Gasteiger partial charge in [0.2, 0.25) is 16.0 Å². The molecule has 0 aliphatic rings. The van der Waals surface area contributed by atoms with Crippen LogP contribution in [0.3, 0.4) is 0 Å². The molecule has 0 fully saturated rings. The molecule has 0 aromatic carbocycles. The summed E-state index contributed by atoms with van der Waals surface area (Å²) in [7, 11) is 0. The minimum Gasteiger partial charge on any atom is -0.351 e. The van der Waals surface area contributed by atoms with Crippen molar-refractivity contribution >= 4 is 33.2 Å². The largest absolute Gasteiger partial charge is 0.351 e. The van der Waals surface area contributed by atoms with Gasteiger partial charge in [0.25, 0.3) is 0 Å². The maximum absolute atomic E-state index is 11.9. The number of nitrogens with zero attached hydrogens (tertiary/aromatic N) is 4. The number of hydrogen-bond donors (Lipinski definition) is 2. The van der Waals surface area contributed by atoms with Gasteiger partial charge in [-0.05, 0) is 12.1 Å². The van der Waals surface area contributed by atoms with Crippen molar-refractivity contribution in [3.05, 3.63) is 36.3 Å². The first-order valence-electron chi connectivity index (χ1n) is 7.23. The number of amides is 1. The molecule has 3 rings (SSSR count). The minimum atomic E-state index is -0.174. The first-order chi connectivity index (χ1) is 10.9. The second-order valence-electron chi connectivity index (χ2n) is 6.13. The van der Waals surface area contributed by atoms with Gasteiger partial charge in [-0.2, -0.15) is 0 Å². The number of fused-ring (bicyclic) bond motifs is 1. The van der Waals surface area contributed by atoms with Crippen LogP contribution in [0.25, 0.3) is 4.96 Å². The van der Waals surface area contributed by atoms with E-state index in [0.29, 0.717) is 10.9 Å². The Balaban J connectivity index is 1.61. The van der Waals surface area contributed by atoms with Crippen molar-refractivity contribution in [2.24, 2.45) is 0 Å². The van der Waals surface area contributed by atoms with Crippen molar-refractivity contribution in [1.82, 2.24) is 19.6 Å². The van der Waals surface area contributed by atoms with Crippen LogP contribution < -0.4 is 10.6 Å². The second-order valence-corrected chi connectivity index (χ2v) is 7.08. The highest BCUT2D eigenvalue weighted by Gasteiger charge is 2.19. The minimum absolute atomic E-state index is 0.0103. The van der Waals surface area contributed by atoms with Crippen molar-refractivity contribution in [3.8, 4) is 0 Å². The number of carbonyl (C=O) groups is 1. The van der Waals surface area contributed by atoms with Crippen molar-refractivity contribution in [2.75, 3.05) is 17.2 Å². The molecule has 3 aromatic heterocycles. The molecule has 0 aliphatic heterocycles. The van der Waals surface area contributed by atoms with E-state index in [1.165, 1.54) is 11.3 Å². The van der Waals surface area contributed by atoms with Gasteiger partial charge in [-0.25, -0.2) is 14.5 Å². The van der Waals surface area contributed by atoms with Gasteiger partial charge in [0.1, 0.15) is 5.82 Å². The van der Waals surface area contributed by atoms with Crippen LogP contribution in [0, 0.1) is 0 Å². The number of rotatable bonds is 4. The van der Waals surface area contributed by atoms with E-state index in [1.807, 2.05) is 12.3 Å². The highest BCUT2D eigenvalue weighted by atomic mass is 32.1. The van der Waals surface area contributed by atoms with Gasteiger partial charge < -0.3 is 10.6 Å². The third-order valence-electron chi connectivity index (χ3n) is 3.14. The molecule has 0 aliphatic carbocycles. The Morgan fingerprint density at radius 2 is 2.17 bits per heavy atom. The monoisotopic (exact) mass is 330 g/mol. The molecule has 0 bridgehead atoms. The lowest BCUT2D eigenvalue weighted by Crippen LogP contribution is -2.22. The van der Waals surface area contributed by atoms with E-state index >= 15 is 0 Å². The lowest BCUT2D eigenvalue weighted by atomic mass is 9.93. The molecule has 0 atom stereocenters. The van der Waals surface area contributed by atoms with Crippen molar-refractivity contribution < 1.29 is 4.79 Å². The van der Waals surface area contributed by atoms with E-state index in [-0.39, 0.29) is 17.9 Å². The van der Waals surface area contributed by atoms with Crippen LogP contribution in [0.4, 0.5) is 10.9 Å². The Morgan fingerprint density at radius 1 is 1.35 bits per heavy atom. The average Bonchev–Trinajstić information content (AvgIpc) is 3.04. The van der Waals surface area contributed by atoms with E-state index in [2.05, 4.69) is 46.5 Å². The molecule has 1 amide bonds. The van der Waals surface area contributed by atoms with Crippen molar-refractivity contribution in [2.45, 2.75) is 26.2 Å². The number of imidazole rings is 1. The fourth-order valence-corrected chi connectivity index (χ4v) is 2.69. The number of carbonyl (C=O) groups excluding carboxylic acids is 1. The van der Waals surface area contributed by atoms with Gasteiger partial charge in [-0.15, -0.1) is 5.10 Å². The lowest BCUT2D eigenvalue weighted by Gasteiger charge is -2.13. The number of pyridine rings is 1. The molecular weight excluding hydrogens is 312 g/mol. The molecule has 0 saturated heterocycles. The summed E-state index contributed by atoms with van der Waals surface area (Å²) in [5.41, 5.74) is 0.986. The normalized spacial score (nSPS) is 11.6. The first-order valence-corrected chi connectivity index (χ1v) is 8.05.